The summed E-state index contributed by atoms with van der Waals surface area (Å²) in [5.74, 6) is 1.80. The van der Waals surface area contributed by atoms with E-state index in [1.165, 1.54) is 0 Å². The van der Waals surface area contributed by atoms with Crippen LogP contribution in [0, 0.1) is 0 Å². The van der Waals surface area contributed by atoms with Crippen LogP contribution in [0.1, 0.15) is 0 Å². The van der Waals surface area contributed by atoms with Gasteiger partial charge in [-0.3, -0.25) is 0 Å². The molecule has 0 aliphatic rings. The van der Waals surface area contributed by atoms with Crippen molar-refractivity contribution in [2.75, 3.05) is 0 Å². The van der Waals surface area contributed by atoms with E-state index in [-0.39, 0.29) is 0 Å². The highest BCUT2D eigenvalue weighted by Crippen LogP contribution is 2.43. The van der Waals surface area contributed by atoms with Gasteiger partial charge in [0.15, 0.2) is 17.5 Å². The molecule has 11 aromatic rings. The topological polar surface area (TPSA) is 65.0 Å². The number of fused-ring (bicyclic) bond motifs is 6. The number of rotatable bonds is 6. The van der Waals surface area contributed by atoms with Crippen molar-refractivity contribution in [2.24, 2.45) is 0 Å². The van der Waals surface area contributed by atoms with Crippen molar-refractivity contribution in [3.05, 3.63) is 188 Å². The SMILES string of the molecule is c1ccc(-c2cccc(-c3nc(-c4ccccc4)nc(-c4ccc5c(c4)oc4ccc(-c6ccc(-c7ccccc7)c7oc8ccccc8c67)cc45)n3)c2)cc1. The molecule has 3 aromatic heterocycles. The summed E-state index contributed by atoms with van der Waals surface area (Å²) in [6, 6.07) is 64.5. The number of nitrogens with zero attached hydrogens (tertiary/aromatic N) is 3. The largest absolute Gasteiger partial charge is 0.456 e. The highest BCUT2D eigenvalue weighted by Gasteiger charge is 2.19. The Morgan fingerprint density at radius 2 is 0.857 bits per heavy atom. The van der Waals surface area contributed by atoms with Crippen LogP contribution in [0.25, 0.3) is 111 Å². The van der Waals surface area contributed by atoms with Gasteiger partial charge in [-0.2, -0.15) is 0 Å². The Bertz CT molecular complexity index is 3240. The van der Waals surface area contributed by atoms with Gasteiger partial charge < -0.3 is 8.83 Å². The summed E-state index contributed by atoms with van der Waals surface area (Å²) in [5, 5.41) is 4.25. The zero-order chi connectivity index (χ0) is 37.0. The summed E-state index contributed by atoms with van der Waals surface area (Å²) >= 11 is 0. The summed E-state index contributed by atoms with van der Waals surface area (Å²) in [6.45, 7) is 0. The number of benzene rings is 8. The van der Waals surface area contributed by atoms with Gasteiger partial charge in [-0.1, -0.05) is 146 Å². The first-order chi connectivity index (χ1) is 27.7. The van der Waals surface area contributed by atoms with E-state index in [0.717, 1.165) is 93.9 Å². The average Bonchev–Trinajstić information content (AvgIpc) is 3.85. The smallest absolute Gasteiger partial charge is 0.164 e. The van der Waals surface area contributed by atoms with Gasteiger partial charge in [0, 0.05) is 43.8 Å². The lowest BCUT2D eigenvalue weighted by Crippen LogP contribution is -2.00. The maximum Gasteiger partial charge on any atom is 0.164 e. The third kappa shape index (κ3) is 5.45. The lowest BCUT2D eigenvalue weighted by molar-refractivity contribution is 0.669. The molecule has 0 aliphatic carbocycles. The van der Waals surface area contributed by atoms with Crippen LogP contribution in [-0.4, -0.2) is 15.0 Å². The molecule has 0 bridgehead atoms. The van der Waals surface area contributed by atoms with Crippen molar-refractivity contribution in [3.8, 4) is 67.5 Å². The van der Waals surface area contributed by atoms with E-state index in [1.54, 1.807) is 0 Å². The molecular weight excluding hydrogens is 687 g/mol. The van der Waals surface area contributed by atoms with Crippen molar-refractivity contribution in [1.29, 1.82) is 0 Å². The lowest BCUT2D eigenvalue weighted by Gasteiger charge is -2.10. The van der Waals surface area contributed by atoms with Crippen LogP contribution in [-0.2, 0) is 0 Å². The van der Waals surface area contributed by atoms with E-state index in [9.17, 15) is 0 Å². The van der Waals surface area contributed by atoms with Gasteiger partial charge in [0.2, 0.25) is 0 Å². The van der Waals surface area contributed by atoms with E-state index in [4.69, 9.17) is 23.8 Å². The fourth-order valence-electron chi connectivity index (χ4n) is 7.82. The van der Waals surface area contributed by atoms with Crippen LogP contribution < -0.4 is 0 Å². The Morgan fingerprint density at radius 3 is 1.62 bits per heavy atom. The molecule has 0 unspecified atom stereocenters. The predicted molar refractivity (Wildman–Crippen MR) is 227 cm³/mol. The Kier molecular flexibility index (Phi) is 7.42. The lowest BCUT2D eigenvalue weighted by atomic mass is 9.94. The second kappa shape index (κ2) is 13.0. The van der Waals surface area contributed by atoms with Crippen LogP contribution in [0.15, 0.2) is 197 Å². The van der Waals surface area contributed by atoms with Crippen LogP contribution in [0.4, 0.5) is 0 Å². The molecule has 0 saturated heterocycles. The van der Waals surface area contributed by atoms with Crippen molar-refractivity contribution in [2.45, 2.75) is 0 Å². The van der Waals surface area contributed by atoms with E-state index >= 15 is 0 Å². The zero-order valence-electron chi connectivity index (χ0n) is 30.1. The fraction of sp³-hybridized carbons (Fsp3) is 0. The molecule has 3 heterocycles. The number of hydrogen-bond acceptors (Lipinski definition) is 5. The van der Waals surface area contributed by atoms with Crippen LogP contribution in [0.5, 0.6) is 0 Å². The van der Waals surface area contributed by atoms with Gasteiger partial charge in [-0.25, -0.2) is 15.0 Å². The fourth-order valence-corrected chi connectivity index (χ4v) is 7.82. The quantitative estimate of drug-likeness (QED) is 0.171. The highest BCUT2D eigenvalue weighted by atomic mass is 16.3. The van der Waals surface area contributed by atoms with Crippen LogP contribution in [0.3, 0.4) is 0 Å². The molecule has 5 nitrogen and oxygen atoms in total. The summed E-state index contributed by atoms with van der Waals surface area (Å²) < 4.78 is 13.1. The number of para-hydroxylation sites is 1. The molecule has 11 rings (SSSR count). The second-order valence-electron chi connectivity index (χ2n) is 14.0. The van der Waals surface area contributed by atoms with Crippen molar-refractivity contribution in [3.63, 3.8) is 0 Å². The number of aromatic nitrogens is 3. The first-order valence-corrected chi connectivity index (χ1v) is 18.7. The summed E-state index contributed by atoms with van der Waals surface area (Å²) in [5.41, 5.74) is 12.7. The van der Waals surface area contributed by atoms with Gasteiger partial charge in [-0.15, -0.1) is 0 Å². The first-order valence-electron chi connectivity index (χ1n) is 18.7. The normalized spacial score (nSPS) is 11.6. The van der Waals surface area contributed by atoms with E-state index in [1.807, 2.05) is 60.7 Å². The van der Waals surface area contributed by atoms with Crippen molar-refractivity contribution < 1.29 is 8.83 Å². The number of furan rings is 2. The van der Waals surface area contributed by atoms with Crippen LogP contribution in [0.2, 0.25) is 0 Å². The molecule has 8 aromatic carbocycles. The minimum absolute atomic E-state index is 0.578. The molecule has 0 amide bonds. The van der Waals surface area contributed by atoms with Gasteiger partial charge in [-0.05, 0) is 70.3 Å². The van der Waals surface area contributed by atoms with Crippen LogP contribution >= 0.6 is 0 Å². The van der Waals surface area contributed by atoms with E-state index < -0.39 is 0 Å². The summed E-state index contributed by atoms with van der Waals surface area (Å²) in [7, 11) is 0. The Balaban J connectivity index is 1.03. The van der Waals surface area contributed by atoms with Crippen molar-refractivity contribution >= 4 is 43.9 Å². The molecule has 5 heteroatoms. The zero-order valence-corrected chi connectivity index (χ0v) is 30.1. The molecule has 0 atom stereocenters. The minimum Gasteiger partial charge on any atom is -0.456 e. The van der Waals surface area contributed by atoms with E-state index in [0.29, 0.717) is 17.5 Å². The predicted octanol–water partition coefficient (Wildman–Crippen LogP) is 13.7. The first kappa shape index (κ1) is 31.9. The number of hydrogen-bond donors (Lipinski definition) is 0. The Hall–Kier alpha value is -7.63. The van der Waals surface area contributed by atoms with Gasteiger partial charge in [0.05, 0.1) is 0 Å². The standard InChI is InChI=1S/C51H31N3O2/c1-4-13-32(14-5-1)35-19-12-20-37(29-35)50-52-49(34-17-8-3-9-18-34)53-51(54-50)38-23-25-41-43-30-36(24-28-45(43)55-46(41)31-38)39-26-27-40(33-15-6-2-7-16-33)48-47(39)42-21-10-11-22-44(42)56-48/h1-31H. The monoisotopic (exact) mass is 717 g/mol. The molecule has 0 aliphatic heterocycles. The van der Waals surface area contributed by atoms with Gasteiger partial charge in [0.25, 0.3) is 0 Å². The third-order valence-corrected chi connectivity index (χ3v) is 10.5. The minimum atomic E-state index is 0.578. The molecule has 262 valence electrons. The van der Waals surface area contributed by atoms with Gasteiger partial charge in [0.1, 0.15) is 22.3 Å². The van der Waals surface area contributed by atoms with Crippen molar-refractivity contribution in [1.82, 2.24) is 15.0 Å². The third-order valence-electron chi connectivity index (χ3n) is 10.5. The molecule has 0 spiro atoms. The maximum absolute atomic E-state index is 6.56. The molecule has 0 N–H and O–H groups in total. The van der Waals surface area contributed by atoms with E-state index in [2.05, 4.69) is 127 Å². The molecule has 0 saturated carbocycles. The maximum atomic E-state index is 6.56. The van der Waals surface area contributed by atoms with Gasteiger partial charge >= 0.3 is 0 Å². The Morgan fingerprint density at radius 1 is 0.286 bits per heavy atom. The second-order valence-corrected chi connectivity index (χ2v) is 14.0. The molecule has 56 heavy (non-hydrogen) atoms. The average molecular weight is 718 g/mol. The summed E-state index contributed by atoms with van der Waals surface area (Å²) in [4.78, 5) is 15.0. The molecular formula is C51H31N3O2. The Labute approximate surface area is 322 Å². The highest BCUT2D eigenvalue weighted by molar-refractivity contribution is 6.17. The summed E-state index contributed by atoms with van der Waals surface area (Å²) in [6.07, 6.45) is 0. The molecule has 0 fully saturated rings. The molecule has 0 radical (unpaired) electrons.